The van der Waals surface area contributed by atoms with Gasteiger partial charge in [0, 0.05) is 17.8 Å². The van der Waals surface area contributed by atoms with Crippen LogP contribution in [0.25, 0.3) is 0 Å². The van der Waals surface area contributed by atoms with E-state index in [-0.39, 0.29) is 5.69 Å². The van der Waals surface area contributed by atoms with Crippen LogP contribution in [0.4, 0.5) is 28.9 Å². The van der Waals surface area contributed by atoms with Crippen molar-refractivity contribution in [3.8, 4) is 0 Å². The maximum absolute atomic E-state index is 14.1. The van der Waals surface area contributed by atoms with E-state index in [4.69, 9.17) is 0 Å². The predicted molar refractivity (Wildman–Crippen MR) is 80.0 cm³/mol. The number of carbonyl (C=O) groups excluding carboxylic acids is 1. The molecule has 0 saturated heterocycles. The molecule has 1 aliphatic rings. The summed E-state index contributed by atoms with van der Waals surface area (Å²) >= 11 is 0. The molecular weight excluding hydrogens is 366 g/mol. The van der Waals surface area contributed by atoms with Crippen molar-refractivity contribution in [1.82, 2.24) is 0 Å². The number of amides is 1. The fourth-order valence-electron chi connectivity index (χ4n) is 2.10. The van der Waals surface area contributed by atoms with E-state index in [2.05, 4.69) is 9.71 Å². The molecular formula is C14H7F4N3O3S. The summed E-state index contributed by atoms with van der Waals surface area (Å²) < 4.78 is 80.1. The van der Waals surface area contributed by atoms with Gasteiger partial charge in [0.15, 0.2) is 17.5 Å². The first-order chi connectivity index (χ1) is 11.7. The molecule has 0 bridgehead atoms. The Morgan fingerprint density at radius 3 is 2.28 bits per heavy atom. The molecule has 1 amide bonds. The monoisotopic (exact) mass is 373 g/mol. The quantitative estimate of drug-likeness (QED) is 0.626. The standard InChI is InChI=1S/C14H7F4N3O3S/c15-8-4-11-12(25(23,24)20-5-19-11)3-7(8)14(22)21-6-1-9(16)13(18)10(17)2-6/h1-5H,(H,19,20)(H,21,22). The largest absolute Gasteiger partial charge is 0.344 e. The summed E-state index contributed by atoms with van der Waals surface area (Å²) in [5.74, 6) is -7.11. The highest BCUT2D eigenvalue weighted by Crippen LogP contribution is 2.29. The Kier molecular flexibility index (Phi) is 3.95. The molecule has 130 valence electrons. The van der Waals surface area contributed by atoms with Crippen molar-refractivity contribution >= 4 is 33.6 Å². The van der Waals surface area contributed by atoms with Crippen molar-refractivity contribution in [1.29, 1.82) is 0 Å². The molecule has 1 aliphatic heterocycles. The summed E-state index contributed by atoms with van der Waals surface area (Å²) in [6.07, 6.45) is 0.848. The third kappa shape index (κ3) is 3.05. The first-order valence-corrected chi connectivity index (χ1v) is 7.98. The van der Waals surface area contributed by atoms with Gasteiger partial charge in [-0.2, -0.15) is 8.42 Å². The average Bonchev–Trinajstić information content (AvgIpc) is 2.51. The highest BCUT2D eigenvalue weighted by atomic mass is 32.2. The second-order valence-corrected chi connectivity index (χ2v) is 6.49. The predicted octanol–water partition coefficient (Wildman–Crippen LogP) is 2.64. The van der Waals surface area contributed by atoms with E-state index in [1.165, 1.54) is 0 Å². The summed E-state index contributed by atoms with van der Waals surface area (Å²) in [5, 5.41) is 4.38. The first-order valence-electron chi connectivity index (χ1n) is 6.54. The van der Waals surface area contributed by atoms with Gasteiger partial charge in [0.1, 0.15) is 17.1 Å². The normalized spacial score (nSPS) is 14.6. The molecule has 0 radical (unpaired) electrons. The minimum absolute atomic E-state index is 0.122. The fraction of sp³-hybridized carbons (Fsp3) is 0. The zero-order valence-electron chi connectivity index (χ0n) is 12.0. The van der Waals surface area contributed by atoms with Crippen LogP contribution in [0.3, 0.4) is 0 Å². The van der Waals surface area contributed by atoms with Gasteiger partial charge in [0.05, 0.1) is 11.3 Å². The van der Waals surface area contributed by atoms with Crippen molar-refractivity contribution in [3.05, 3.63) is 53.1 Å². The van der Waals surface area contributed by atoms with E-state index in [0.29, 0.717) is 12.1 Å². The van der Waals surface area contributed by atoms with E-state index < -0.39 is 55.3 Å². The van der Waals surface area contributed by atoms with Crippen molar-refractivity contribution in [2.24, 2.45) is 4.40 Å². The lowest BCUT2D eigenvalue weighted by atomic mass is 10.1. The van der Waals surface area contributed by atoms with Gasteiger partial charge in [-0.05, 0) is 12.1 Å². The topological polar surface area (TPSA) is 87.6 Å². The van der Waals surface area contributed by atoms with E-state index in [0.717, 1.165) is 18.5 Å². The number of anilines is 2. The van der Waals surface area contributed by atoms with E-state index in [9.17, 15) is 30.8 Å². The number of nitrogens with zero attached hydrogens (tertiary/aromatic N) is 1. The number of nitrogens with one attached hydrogen (secondary N) is 2. The van der Waals surface area contributed by atoms with Gasteiger partial charge in [-0.3, -0.25) is 4.79 Å². The van der Waals surface area contributed by atoms with E-state index in [1.54, 1.807) is 0 Å². The van der Waals surface area contributed by atoms with Crippen LogP contribution in [0.2, 0.25) is 0 Å². The molecule has 0 atom stereocenters. The SMILES string of the molecule is O=C(Nc1cc(F)c(F)c(F)c1)c1cc2c(cc1F)NC=NS2(=O)=O. The Morgan fingerprint density at radius 2 is 1.64 bits per heavy atom. The van der Waals surface area contributed by atoms with Crippen LogP contribution < -0.4 is 10.6 Å². The minimum atomic E-state index is -4.12. The van der Waals surface area contributed by atoms with Gasteiger partial charge in [0.2, 0.25) is 0 Å². The molecule has 0 unspecified atom stereocenters. The molecule has 2 aromatic carbocycles. The van der Waals surface area contributed by atoms with Crippen LogP contribution in [0, 0.1) is 23.3 Å². The Labute approximate surface area is 138 Å². The molecule has 0 spiro atoms. The molecule has 6 nitrogen and oxygen atoms in total. The molecule has 0 fully saturated rings. The highest BCUT2D eigenvalue weighted by molar-refractivity contribution is 7.90. The number of fused-ring (bicyclic) bond motifs is 1. The van der Waals surface area contributed by atoms with Crippen molar-refractivity contribution in [2.45, 2.75) is 4.90 Å². The smallest absolute Gasteiger partial charge is 0.285 e. The van der Waals surface area contributed by atoms with Gasteiger partial charge in [-0.15, -0.1) is 4.40 Å². The number of hydrogen-bond acceptors (Lipinski definition) is 4. The third-order valence-corrected chi connectivity index (χ3v) is 4.52. The van der Waals surface area contributed by atoms with E-state index in [1.807, 2.05) is 5.32 Å². The molecule has 25 heavy (non-hydrogen) atoms. The summed E-state index contributed by atoms with van der Waals surface area (Å²) in [6.45, 7) is 0. The van der Waals surface area contributed by atoms with Crippen LogP contribution in [0.1, 0.15) is 10.4 Å². The zero-order valence-corrected chi connectivity index (χ0v) is 12.8. The van der Waals surface area contributed by atoms with Crippen LogP contribution in [0.15, 0.2) is 33.6 Å². The molecule has 2 aromatic rings. The molecule has 0 aliphatic carbocycles. The number of benzene rings is 2. The number of sulfonamides is 1. The Morgan fingerprint density at radius 1 is 1.00 bits per heavy atom. The highest BCUT2D eigenvalue weighted by Gasteiger charge is 2.25. The fourth-order valence-corrected chi connectivity index (χ4v) is 3.07. The molecule has 0 saturated carbocycles. The van der Waals surface area contributed by atoms with Crippen LogP contribution in [-0.4, -0.2) is 20.7 Å². The molecule has 3 rings (SSSR count). The molecule has 1 heterocycles. The summed E-state index contributed by atoms with van der Waals surface area (Å²) in [4.78, 5) is 11.6. The number of carbonyl (C=O) groups is 1. The van der Waals surface area contributed by atoms with Gasteiger partial charge in [-0.1, -0.05) is 0 Å². The van der Waals surface area contributed by atoms with Gasteiger partial charge in [0.25, 0.3) is 15.9 Å². The van der Waals surface area contributed by atoms with Crippen molar-refractivity contribution in [2.75, 3.05) is 10.6 Å². The second kappa shape index (κ2) is 5.84. The molecule has 0 aromatic heterocycles. The molecule has 11 heteroatoms. The second-order valence-electron chi connectivity index (χ2n) is 4.89. The lowest BCUT2D eigenvalue weighted by molar-refractivity contribution is 0.102. The maximum atomic E-state index is 14.1. The van der Waals surface area contributed by atoms with Crippen LogP contribution in [0.5, 0.6) is 0 Å². The van der Waals surface area contributed by atoms with E-state index >= 15 is 0 Å². The summed E-state index contributed by atoms with van der Waals surface area (Å²) in [6, 6.07) is 2.48. The van der Waals surface area contributed by atoms with Gasteiger partial charge >= 0.3 is 0 Å². The third-order valence-electron chi connectivity index (χ3n) is 3.24. The van der Waals surface area contributed by atoms with Crippen LogP contribution in [-0.2, 0) is 10.0 Å². The Bertz CT molecular complexity index is 1010. The average molecular weight is 373 g/mol. The number of hydrogen-bond donors (Lipinski definition) is 2. The Hall–Kier alpha value is -2.95. The van der Waals surface area contributed by atoms with Crippen molar-refractivity contribution in [3.63, 3.8) is 0 Å². The summed E-state index contributed by atoms with van der Waals surface area (Å²) in [7, 11) is -4.12. The lowest BCUT2D eigenvalue weighted by Crippen LogP contribution is -2.18. The van der Waals surface area contributed by atoms with Crippen molar-refractivity contribution < 1.29 is 30.8 Å². The molecule has 2 N–H and O–H groups in total. The maximum Gasteiger partial charge on any atom is 0.285 e. The van der Waals surface area contributed by atoms with Crippen LogP contribution >= 0.6 is 0 Å². The minimum Gasteiger partial charge on any atom is -0.344 e. The lowest BCUT2D eigenvalue weighted by Gasteiger charge is -2.14. The van der Waals surface area contributed by atoms with Gasteiger partial charge < -0.3 is 10.6 Å². The Balaban J connectivity index is 1.99. The van der Waals surface area contributed by atoms with Gasteiger partial charge in [-0.25, -0.2) is 17.6 Å². The first kappa shape index (κ1) is 16.9. The zero-order chi connectivity index (χ0) is 18.4. The summed E-state index contributed by atoms with van der Waals surface area (Å²) in [5.41, 5.74) is -1.30. The number of rotatable bonds is 2. The number of halogens is 4.